The first kappa shape index (κ1) is 20.7. The van der Waals surface area contributed by atoms with Crippen molar-refractivity contribution in [3.63, 3.8) is 0 Å². The summed E-state index contributed by atoms with van der Waals surface area (Å²) in [7, 11) is 0. The smallest absolute Gasteiger partial charge is 0.119 e. The van der Waals surface area contributed by atoms with Gasteiger partial charge >= 0.3 is 0 Å². The van der Waals surface area contributed by atoms with Crippen molar-refractivity contribution in [3.8, 4) is 5.75 Å². The lowest BCUT2D eigenvalue weighted by Gasteiger charge is -2.29. The van der Waals surface area contributed by atoms with Crippen LogP contribution in [0.15, 0.2) is 78.9 Å². The van der Waals surface area contributed by atoms with Crippen LogP contribution in [0.3, 0.4) is 0 Å². The van der Waals surface area contributed by atoms with Gasteiger partial charge in [-0.05, 0) is 91.2 Å². The highest BCUT2D eigenvalue weighted by Crippen LogP contribution is 2.40. The lowest BCUT2D eigenvalue weighted by atomic mass is 9.76. The molecule has 0 unspecified atom stereocenters. The monoisotopic (exact) mass is 398 g/mol. The average Bonchev–Trinajstić information content (AvgIpc) is 2.81. The predicted octanol–water partition coefficient (Wildman–Crippen LogP) is 7.87. The van der Waals surface area contributed by atoms with E-state index in [1.165, 1.54) is 47.9 Å². The van der Waals surface area contributed by atoms with Gasteiger partial charge in [0.2, 0.25) is 0 Å². The molecule has 1 aliphatic rings. The highest BCUT2D eigenvalue weighted by Gasteiger charge is 2.23. The molecule has 0 bridgehead atoms. The van der Waals surface area contributed by atoms with Crippen molar-refractivity contribution >= 4 is 0 Å². The Labute approximate surface area is 182 Å². The van der Waals surface area contributed by atoms with Crippen molar-refractivity contribution in [3.05, 3.63) is 101 Å². The number of hydrogen-bond acceptors (Lipinski definition) is 1. The Morgan fingerprint density at radius 3 is 1.80 bits per heavy atom. The second kappa shape index (κ2) is 9.98. The molecule has 1 heteroatoms. The van der Waals surface area contributed by atoms with E-state index in [2.05, 4.69) is 85.8 Å². The molecule has 1 aliphatic carbocycles. The van der Waals surface area contributed by atoms with Gasteiger partial charge in [0.05, 0.1) is 6.61 Å². The lowest BCUT2D eigenvalue weighted by Crippen LogP contribution is -2.12. The van der Waals surface area contributed by atoms with E-state index in [-0.39, 0.29) is 0 Å². The van der Waals surface area contributed by atoms with Gasteiger partial charge in [0.15, 0.2) is 0 Å². The van der Waals surface area contributed by atoms with Crippen LogP contribution in [0.25, 0.3) is 0 Å². The van der Waals surface area contributed by atoms with Gasteiger partial charge in [0, 0.05) is 0 Å². The Hall–Kier alpha value is -2.54. The highest BCUT2D eigenvalue weighted by molar-refractivity contribution is 5.31. The van der Waals surface area contributed by atoms with E-state index in [0.29, 0.717) is 17.8 Å². The van der Waals surface area contributed by atoms with Crippen molar-refractivity contribution in [2.24, 2.45) is 0 Å². The van der Waals surface area contributed by atoms with Gasteiger partial charge in [-0.15, -0.1) is 0 Å². The molecule has 0 amide bonds. The summed E-state index contributed by atoms with van der Waals surface area (Å²) in [4.78, 5) is 0. The Bertz CT molecular complexity index is 887. The molecule has 0 heterocycles. The van der Waals surface area contributed by atoms with E-state index in [9.17, 15) is 0 Å². The zero-order valence-corrected chi connectivity index (χ0v) is 18.4. The van der Waals surface area contributed by atoms with Crippen molar-refractivity contribution < 1.29 is 4.74 Å². The standard InChI is InChI=1S/C29H34O/c1-3-30-29-19-17-28(18-20-29)27-15-13-26(14-16-27)25-11-9-23(10-12-25)21-22(2)24-7-5-4-6-8-24/h4-12,17-20,22,26-27H,3,13-16,21H2,1-2H3/t22-,26?,27?/m0/s1. The molecule has 3 aromatic rings. The van der Waals surface area contributed by atoms with Crippen molar-refractivity contribution in [1.29, 1.82) is 0 Å². The Balaban J connectivity index is 1.31. The predicted molar refractivity (Wildman–Crippen MR) is 127 cm³/mol. The molecule has 30 heavy (non-hydrogen) atoms. The van der Waals surface area contributed by atoms with Gasteiger partial charge in [0.25, 0.3) is 0 Å². The number of hydrogen-bond donors (Lipinski definition) is 0. The molecule has 3 aromatic carbocycles. The summed E-state index contributed by atoms with van der Waals surface area (Å²) in [6, 6.07) is 29.1. The number of ether oxygens (including phenoxy) is 1. The van der Waals surface area contributed by atoms with Crippen LogP contribution in [0.2, 0.25) is 0 Å². The van der Waals surface area contributed by atoms with Gasteiger partial charge in [-0.1, -0.05) is 73.7 Å². The van der Waals surface area contributed by atoms with Gasteiger partial charge < -0.3 is 4.74 Å². The second-order valence-corrected chi connectivity index (χ2v) is 8.81. The Morgan fingerprint density at radius 1 is 0.733 bits per heavy atom. The highest BCUT2D eigenvalue weighted by atomic mass is 16.5. The largest absolute Gasteiger partial charge is 0.494 e. The maximum atomic E-state index is 5.58. The summed E-state index contributed by atoms with van der Waals surface area (Å²) >= 11 is 0. The molecule has 1 saturated carbocycles. The van der Waals surface area contributed by atoms with Crippen LogP contribution in [0.5, 0.6) is 5.75 Å². The molecular formula is C29H34O. The molecule has 0 aliphatic heterocycles. The fourth-order valence-corrected chi connectivity index (χ4v) is 4.94. The maximum Gasteiger partial charge on any atom is 0.119 e. The van der Waals surface area contributed by atoms with E-state index < -0.39 is 0 Å². The molecule has 156 valence electrons. The number of rotatable bonds is 7. The van der Waals surface area contributed by atoms with E-state index in [4.69, 9.17) is 4.74 Å². The molecule has 1 nitrogen and oxygen atoms in total. The maximum absolute atomic E-state index is 5.58. The molecule has 1 atom stereocenters. The first-order valence-electron chi connectivity index (χ1n) is 11.6. The van der Waals surface area contributed by atoms with Crippen LogP contribution in [0.4, 0.5) is 0 Å². The summed E-state index contributed by atoms with van der Waals surface area (Å²) in [6.07, 6.45) is 6.25. The van der Waals surface area contributed by atoms with Crippen molar-refractivity contribution in [2.45, 2.75) is 63.7 Å². The molecule has 0 spiro atoms. The Morgan fingerprint density at radius 2 is 1.27 bits per heavy atom. The van der Waals surface area contributed by atoms with Crippen LogP contribution < -0.4 is 4.74 Å². The topological polar surface area (TPSA) is 9.23 Å². The molecular weight excluding hydrogens is 364 g/mol. The summed E-state index contributed by atoms with van der Waals surface area (Å²) in [5, 5.41) is 0. The van der Waals surface area contributed by atoms with Gasteiger partial charge in [-0.25, -0.2) is 0 Å². The van der Waals surface area contributed by atoms with E-state index >= 15 is 0 Å². The van der Waals surface area contributed by atoms with Crippen molar-refractivity contribution in [1.82, 2.24) is 0 Å². The minimum atomic E-state index is 0.557. The van der Waals surface area contributed by atoms with E-state index in [0.717, 1.165) is 18.8 Å². The Kier molecular flexibility index (Phi) is 6.89. The molecule has 0 radical (unpaired) electrons. The van der Waals surface area contributed by atoms with Crippen LogP contribution in [0, 0.1) is 0 Å². The van der Waals surface area contributed by atoms with E-state index in [1.54, 1.807) is 0 Å². The average molecular weight is 399 g/mol. The third-order valence-electron chi connectivity index (χ3n) is 6.75. The van der Waals surface area contributed by atoms with Crippen LogP contribution in [-0.2, 0) is 6.42 Å². The van der Waals surface area contributed by atoms with Crippen LogP contribution >= 0.6 is 0 Å². The molecule has 1 fully saturated rings. The van der Waals surface area contributed by atoms with Gasteiger partial charge in [-0.2, -0.15) is 0 Å². The normalized spacial score (nSPS) is 19.9. The SMILES string of the molecule is CCOc1ccc(C2CCC(c3ccc(C[C@H](C)c4ccccc4)cc3)CC2)cc1. The second-order valence-electron chi connectivity index (χ2n) is 8.81. The van der Waals surface area contributed by atoms with Gasteiger partial charge in [-0.3, -0.25) is 0 Å². The quantitative estimate of drug-likeness (QED) is 0.393. The third kappa shape index (κ3) is 5.14. The molecule has 0 saturated heterocycles. The summed E-state index contributed by atoms with van der Waals surface area (Å²) in [6.45, 7) is 5.09. The third-order valence-corrected chi connectivity index (χ3v) is 6.75. The lowest BCUT2D eigenvalue weighted by molar-refractivity contribution is 0.339. The van der Waals surface area contributed by atoms with Gasteiger partial charge in [0.1, 0.15) is 5.75 Å². The van der Waals surface area contributed by atoms with Crippen LogP contribution in [-0.4, -0.2) is 6.61 Å². The zero-order valence-electron chi connectivity index (χ0n) is 18.4. The molecule has 4 rings (SSSR count). The summed E-state index contributed by atoms with van der Waals surface area (Å²) in [5.74, 6) is 2.95. The first-order valence-corrected chi connectivity index (χ1v) is 11.6. The van der Waals surface area contributed by atoms with E-state index in [1.807, 2.05) is 6.92 Å². The fourth-order valence-electron chi connectivity index (χ4n) is 4.94. The summed E-state index contributed by atoms with van der Waals surface area (Å²) in [5.41, 5.74) is 5.87. The first-order chi connectivity index (χ1) is 14.7. The fraction of sp³-hybridized carbons (Fsp3) is 0.379. The molecule has 0 aromatic heterocycles. The number of benzene rings is 3. The minimum Gasteiger partial charge on any atom is -0.494 e. The zero-order chi connectivity index (χ0) is 20.8. The molecule has 0 N–H and O–H groups in total. The van der Waals surface area contributed by atoms with Crippen LogP contribution in [0.1, 0.15) is 79.5 Å². The summed E-state index contributed by atoms with van der Waals surface area (Å²) < 4.78 is 5.58. The van der Waals surface area contributed by atoms with Crippen molar-refractivity contribution in [2.75, 3.05) is 6.61 Å². The minimum absolute atomic E-state index is 0.557.